The molecule has 0 aromatic carbocycles. The van der Waals surface area contributed by atoms with Crippen LogP contribution < -0.4 is 30.2 Å². The molecule has 8 heterocycles. The van der Waals surface area contributed by atoms with Gasteiger partial charge in [-0.2, -0.15) is 13.2 Å². The zero-order chi connectivity index (χ0) is 37.3. The van der Waals surface area contributed by atoms with Crippen molar-refractivity contribution in [3.05, 3.63) is 84.4 Å². The molecule has 0 spiro atoms. The zero-order valence-corrected chi connectivity index (χ0v) is 28.0. The van der Waals surface area contributed by atoms with E-state index in [4.69, 9.17) is 0 Å². The van der Waals surface area contributed by atoms with Gasteiger partial charge in [0.2, 0.25) is 0 Å². The molecule has 15 nitrogen and oxygen atoms in total. The van der Waals surface area contributed by atoms with Crippen LogP contribution in [0.2, 0.25) is 0 Å². The molecule has 4 bridgehead atoms. The number of fused-ring (bicyclic) bond motifs is 8. The van der Waals surface area contributed by atoms with E-state index >= 15 is 0 Å². The minimum Gasteiger partial charge on any atom is -0.477 e. The monoisotopic (exact) mass is 730 g/mol. The van der Waals surface area contributed by atoms with E-state index < -0.39 is 36.8 Å². The summed E-state index contributed by atoms with van der Waals surface area (Å²) in [7, 11) is 0. The van der Waals surface area contributed by atoms with Gasteiger partial charge in [-0.3, -0.25) is 25.2 Å². The number of carboxylic acids is 1. The van der Waals surface area contributed by atoms with Gasteiger partial charge in [0.05, 0.1) is 29.9 Å². The molecule has 4 aliphatic heterocycles. The fourth-order valence-corrected chi connectivity index (χ4v) is 6.81. The number of carbonyl (C=O) groups excluding carboxylic acids is 3. The maximum Gasteiger partial charge on any atom is 0.389 e. The lowest BCUT2D eigenvalue weighted by Gasteiger charge is -2.35. The van der Waals surface area contributed by atoms with Crippen LogP contribution in [0, 0.1) is 0 Å². The highest BCUT2D eigenvalue weighted by Crippen LogP contribution is 2.40. The van der Waals surface area contributed by atoms with Gasteiger partial charge in [-0.1, -0.05) is 12.1 Å². The summed E-state index contributed by atoms with van der Waals surface area (Å²) >= 11 is 0. The van der Waals surface area contributed by atoms with Gasteiger partial charge >= 0.3 is 24.2 Å². The Hall–Kier alpha value is -6.33. The number of hydrogen-bond donors (Lipinski definition) is 3. The number of hydrogen-bond acceptors (Lipinski definition) is 10. The number of urea groups is 2. The third-order valence-electron chi connectivity index (χ3n) is 9.28. The lowest BCUT2D eigenvalue weighted by molar-refractivity contribution is -0.133. The first-order valence-electron chi connectivity index (χ1n) is 16.8. The van der Waals surface area contributed by atoms with E-state index in [1.54, 1.807) is 65.8 Å². The second-order valence-corrected chi connectivity index (χ2v) is 12.7. The van der Waals surface area contributed by atoms with E-state index in [1.165, 1.54) is 17.0 Å². The lowest BCUT2D eigenvalue weighted by atomic mass is 10.1. The van der Waals surface area contributed by atoms with Crippen molar-refractivity contribution >= 4 is 58.5 Å². The molecule has 4 aromatic heterocycles. The third-order valence-corrected chi connectivity index (χ3v) is 9.28. The second kappa shape index (κ2) is 14.4. The molecule has 0 saturated carbocycles. The van der Waals surface area contributed by atoms with Crippen molar-refractivity contribution in [1.82, 2.24) is 19.9 Å². The molecule has 8 rings (SSSR count). The minimum absolute atomic E-state index is 0.0299. The van der Waals surface area contributed by atoms with Crippen molar-refractivity contribution in [2.24, 2.45) is 0 Å². The average molecular weight is 731 g/mol. The van der Waals surface area contributed by atoms with Crippen LogP contribution in [0.1, 0.15) is 46.7 Å². The van der Waals surface area contributed by atoms with Crippen LogP contribution >= 0.6 is 0 Å². The molecule has 3 N–H and O–H groups in total. The van der Waals surface area contributed by atoms with Crippen molar-refractivity contribution in [3.63, 3.8) is 0 Å². The van der Waals surface area contributed by atoms with Gasteiger partial charge in [0.25, 0.3) is 0 Å². The Morgan fingerprint density at radius 1 is 0.717 bits per heavy atom. The van der Waals surface area contributed by atoms with Crippen molar-refractivity contribution in [2.45, 2.75) is 43.9 Å². The molecule has 53 heavy (non-hydrogen) atoms. The molecule has 4 amide bonds. The second-order valence-electron chi connectivity index (χ2n) is 12.7. The molecule has 4 aromatic rings. The Labute approximate surface area is 300 Å². The molecule has 18 heteroatoms. The number of aromatic carboxylic acids is 1. The molecule has 0 unspecified atom stereocenters. The van der Waals surface area contributed by atoms with E-state index in [9.17, 15) is 37.5 Å². The first kappa shape index (κ1) is 35.1. The predicted molar refractivity (Wildman–Crippen MR) is 188 cm³/mol. The standard InChI is InChI=1S/C19H18F3N5O2.C16H15N5O3/c20-19(21,22)8-6-15(28)13-4-5-14-17(24-13)27(12-7-10-26(14)11-12)18(29)25-16-3-1-2-9-23-16;22-15(23)11-4-5-12-14(18-11)21(10-6-8-20(12)9-10)16(24)19-13-3-1-2-7-17-13/h1-5,9,12H,6-8,10-11H2,(H,23,25,29);1-5,7,10H,6,8-9H2,(H,22,23)(H,17,19,24)/t12-;10-/m00/s1. The van der Waals surface area contributed by atoms with Crippen LogP contribution in [-0.4, -0.2) is 93.3 Å². The number of rotatable bonds is 6. The number of nitrogens with one attached hydrogen (secondary N) is 2. The van der Waals surface area contributed by atoms with Gasteiger partial charge in [-0.15, -0.1) is 0 Å². The number of amides is 4. The van der Waals surface area contributed by atoms with Crippen LogP contribution in [-0.2, 0) is 0 Å². The van der Waals surface area contributed by atoms with Gasteiger partial charge in [-0.05, 0) is 61.4 Å². The average Bonchev–Trinajstić information content (AvgIpc) is 3.76. The van der Waals surface area contributed by atoms with Crippen LogP contribution in [0.5, 0.6) is 0 Å². The summed E-state index contributed by atoms with van der Waals surface area (Å²) in [6.45, 7) is 2.90. The van der Waals surface area contributed by atoms with Gasteiger partial charge in [0.1, 0.15) is 17.3 Å². The van der Waals surface area contributed by atoms with Crippen LogP contribution in [0.15, 0.2) is 73.1 Å². The first-order valence-corrected chi connectivity index (χ1v) is 16.8. The lowest BCUT2D eigenvalue weighted by Crippen LogP contribution is -2.48. The summed E-state index contributed by atoms with van der Waals surface area (Å²) in [6.07, 6.45) is -1.61. The SMILES string of the molecule is O=C(CCC(F)(F)F)c1ccc2c(n1)N(C(=O)Nc1ccccn1)[C@H]1CCN2C1.O=C(O)c1ccc2c(n1)N(C(=O)Nc1ccccn1)[C@H]1CCN2C1. The molecule has 0 radical (unpaired) electrons. The van der Waals surface area contributed by atoms with Gasteiger partial charge < -0.3 is 14.9 Å². The largest absolute Gasteiger partial charge is 0.477 e. The van der Waals surface area contributed by atoms with Crippen molar-refractivity contribution in [3.8, 4) is 0 Å². The van der Waals surface area contributed by atoms with E-state index in [-0.39, 0.29) is 35.3 Å². The number of ketones is 1. The molecule has 2 fully saturated rings. The molecular formula is C35H33F3N10O5. The first-order chi connectivity index (χ1) is 25.4. The Bertz CT molecular complexity index is 2040. The molecule has 2 saturated heterocycles. The molecule has 0 aliphatic carbocycles. The van der Waals surface area contributed by atoms with E-state index in [0.29, 0.717) is 29.7 Å². The fraction of sp³-hybridized carbons (Fsp3) is 0.314. The van der Waals surface area contributed by atoms with E-state index in [1.807, 2.05) is 0 Å². The molecular weight excluding hydrogens is 697 g/mol. The number of alkyl halides is 3. The number of halogens is 3. The molecule has 2 atom stereocenters. The van der Waals surface area contributed by atoms with Crippen LogP contribution in [0.4, 0.5) is 57.4 Å². The summed E-state index contributed by atoms with van der Waals surface area (Å²) < 4.78 is 37.3. The maximum atomic E-state index is 12.9. The van der Waals surface area contributed by atoms with Crippen LogP contribution in [0.3, 0.4) is 0 Å². The number of pyridine rings is 4. The smallest absolute Gasteiger partial charge is 0.389 e. The summed E-state index contributed by atoms with van der Waals surface area (Å²) in [6, 6.07) is 15.6. The number of anilines is 6. The zero-order valence-electron chi connectivity index (χ0n) is 28.0. The topological polar surface area (TPSA) is 177 Å². The van der Waals surface area contributed by atoms with Crippen molar-refractivity contribution in [2.75, 3.05) is 56.4 Å². The summed E-state index contributed by atoms with van der Waals surface area (Å²) in [4.78, 5) is 73.0. The summed E-state index contributed by atoms with van der Waals surface area (Å²) in [5, 5.41) is 14.7. The van der Waals surface area contributed by atoms with E-state index in [0.717, 1.165) is 38.2 Å². The van der Waals surface area contributed by atoms with Gasteiger partial charge in [0.15, 0.2) is 23.1 Å². The highest BCUT2D eigenvalue weighted by Gasteiger charge is 2.42. The number of nitrogens with zero attached hydrogens (tertiary/aromatic N) is 8. The van der Waals surface area contributed by atoms with Crippen molar-refractivity contribution in [1.29, 1.82) is 0 Å². The number of Topliss-reactive ketones (excluding diaryl/α,β-unsaturated/α-hetero) is 1. The Kier molecular flexibility index (Phi) is 9.51. The highest BCUT2D eigenvalue weighted by molar-refractivity contribution is 6.06. The number of carboxylic acid groups (broad SMARTS) is 1. The Balaban J connectivity index is 0.000000167. The number of aromatic nitrogens is 4. The molecule has 4 aliphatic rings. The molecule has 274 valence electrons. The van der Waals surface area contributed by atoms with Gasteiger partial charge in [-0.25, -0.2) is 34.3 Å². The van der Waals surface area contributed by atoms with Crippen LogP contribution in [0.25, 0.3) is 0 Å². The Morgan fingerprint density at radius 2 is 1.21 bits per heavy atom. The third kappa shape index (κ3) is 7.51. The van der Waals surface area contributed by atoms with Gasteiger partial charge in [0, 0.05) is 45.0 Å². The summed E-state index contributed by atoms with van der Waals surface area (Å²) in [5.41, 5.74) is 1.31. The quantitative estimate of drug-likeness (QED) is 0.215. The predicted octanol–water partition coefficient (Wildman–Crippen LogP) is 5.44. The van der Waals surface area contributed by atoms with E-state index in [2.05, 4.69) is 40.4 Å². The highest BCUT2D eigenvalue weighted by atomic mass is 19.4. The summed E-state index contributed by atoms with van der Waals surface area (Å²) in [5.74, 6) is -0.336. The maximum absolute atomic E-state index is 12.9. The normalized spacial score (nSPS) is 18.0. The minimum atomic E-state index is -4.41. The fourth-order valence-electron chi connectivity index (χ4n) is 6.81. The Morgan fingerprint density at radius 3 is 1.66 bits per heavy atom. The van der Waals surface area contributed by atoms with Crippen molar-refractivity contribution < 1.29 is 37.5 Å². The number of carbonyl (C=O) groups is 4.